The molecule has 4 heteroatoms. The molecule has 90 valence electrons. The molecule has 2 rings (SSSR count). The van der Waals surface area contributed by atoms with Crippen LogP contribution in [0.5, 0.6) is 0 Å². The number of ether oxygens (including phenoxy) is 1. The fraction of sp³-hybridized carbons (Fsp3) is 0.385. The number of hydrogen-bond acceptors (Lipinski definition) is 4. The second-order valence-electron chi connectivity index (χ2n) is 4.11. The summed E-state index contributed by atoms with van der Waals surface area (Å²) in [5.74, 6) is -0.0602. The van der Waals surface area contributed by atoms with Gasteiger partial charge in [0.15, 0.2) is 0 Å². The second kappa shape index (κ2) is 5.10. The lowest BCUT2D eigenvalue weighted by molar-refractivity contribution is -0.120. The zero-order chi connectivity index (χ0) is 12.3. The van der Waals surface area contributed by atoms with Gasteiger partial charge in [0, 0.05) is 25.4 Å². The van der Waals surface area contributed by atoms with Crippen molar-refractivity contribution in [2.45, 2.75) is 18.9 Å². The van der Waals surface area contributed by atoms with Crippen molar-refractivity contribution < 1.29 is 14.3 Å². The summed E-state index contributed by atoms with van der Waals surface area (Å²) >= 11 is 0. The monoisotopic (exact) mass is 233 g/mol. The quantitative estimate of drug-likeness (QED) is 0.786. The van der Waals surface area contributed by atoms with Crippen LogP contribution in [0.25, 0.3) is 0 Å². The molecule has 1 fully saturated rings. The molecule has 1 aliphatic rings. The van der Waals surface area contributed by atoms with Crippen LogP contribution in [0.3, 0.4) is 0 Å². The molecule has 17 heavy (non-hydrogen) atoms. The van der Waals surface area contributed by atoms with Gasteiger partial charge in [-0.3, -0.25) is 4.79 Å². The molecule has 0 aromatic heterocycles. The zero-order valence-electron chi connectivity index (χ0n) is 9.73. The lowest BCUT2D eigenvalue weighted by Gasteiger charge is -2.23. The van der Waals surface area contributed by atoms with E-state index in [1.54, 1.807) is 12.1 Å². The van der Waals surface area contributed by atoms with Crippen molar-refractivity contribution in [1.29, 1.82) is 0 Å². The van der Waals surface area contributed by atoms with E-state index in [0.29, 0.717) is 18.4 Å². The van der Waals surface area contributed by atoms with E-state index < -0.39 is 0 Å². The van der Waals surface area contributed by atoms with Crippen molar-refractivity contribution in [3.05, 3.63) is 35.4 Å². The molecule has 0 radical (unpaired) electrons. The van der Waals surface area contributed by atoms with Gasteiger partial charge in [0.25, 0.3) is 0 Å². The van der Waals surface area contributed by atoms with Gasteiger partial charge in [-0.25, -0.2) is 4.79 Å². The van der Waals surface area contributed by atoms with E-state index in [-0.39, 0.29) is 17.8 Å². The number of methoxy groups -OCH3 is 1. The Kier molecular flexibility index (Phi) is 3.54. The number of Topliss-reactive ketones (excluding diaryl/α,β-unsaturated/α-hetero) is 1. The van der Waals surface area contributed by atoms with Crippen LogP contribution >= 0.6 is 0 Å². The third-order valence-corrected chi connectivity index (χ3v) is 2.96. The van der Waals surface area contributed by atoms with Crippen LogP contribution in [0.1, 0.15) is 34.8 Å². The van der Waals surface area contributed by atoms with Crippen molar-refractivity contribution in [2.24, 2.45) is 0 Å². The van der Waals surface area contributed by atoms with Gasteiger partial charge in [-0.2, -0.15) is 0 Å². The Bertz CT molecular complexity index is 425. The summed E-state index contributed by atoms with van der Waals surface area (Å²) in [6, 6.07) is 7.25. The van der Waals surface area contributed by atoms with Gasteiger partial charge in [0.1, 0.15) is 5.78 Å². The molecule has 1 heterocycles. The van der Waals surface area contributed by atoms with Gasteiger partial charge < -0.3 is 10.1 Å². The predicted molar refractivity (Wildman–Crippen MR) is 62.8 cm³/mol. The van der Waals surface area contributed by atoms with Crippen molar-refractivity contribution in [1.82, 2.24) is 5.32 Å². The molecule has 1 saturated heterocycles. The highest BCUT2D eigenvalue weighted by Gasteiger charge is 2.20. The molecule has 0 bridgehead atoms. The SMILES string of the molecule is COC(=O)c1ccc([C@H]2CC(=O)CCN2)cc1. The van der Waals surface area contributed by atoms with Crippen LogP contribution in [0.4, 0.5) is 0 Å². The van der Waals surface area contributed by atoms with E-state index in [0.717, 1.165) is 12.1 Å². The van der Waals surface area contributed by atoms with Crippen LogP contribution < -0.4 is 5.32 Å². The summed E-state index contributed by atoms with van der Waals surface area (Å²) < 4.78 is 4.63. The fourth-order valence-corrected chi connectivity index (χ4v) is 1.99. The van der Waals surface area contributed by atoms with Gasteiger partial charge in [0.2, 0.25) is 0 Å². The summed E-state index contributed by atoms with van der Waals surface area (Å²) in [6.45, 7) is 0.724. The van der Waals surface area contributed by atoms with Gasteiger partial charge in [-0.1, -0.05) is 12.1 Å². The maximum absolute atomic E-state index is 11.4. The number of esters is 1. The number of piperidine rings is 1. The van der Waals surface area contributed by atoms with Crippen LogP contribution in [-0.2, 0) is 9.53 Å². The second-order valence-corrected chi connectivity index (χ2v) is 4.11. The fourth-order valence-electron chi connectivity index (χ4n) is 1.99. The maximum Gasteiger partial charge on any atom is 0.337 e. The number of hydrogen-bond donors (Lipinski definition) is 1. The molecule has 1 N–H and O–H groups in total. The Labute approximate surface area is 100.0 Å². The highest BCUT2D eigenvalue weighted by molar-refractivity contribution is 5.89. The number of nitrogens with one attached hydrogen (secondary N) is 1. The topological polar surface area (TPSA) is 55.4 Å². The Morgan fingerprint density at radius 2 is 2.06 bits per heavy atom. The number of benzene rings is 1. The third-order valence-electron chi connectivity index (χ3n) is 2.96. The minimum atomic E-state index is -0.343. The Balaban J connectivity index is 2.12. The van der Waals surface area contributed by atoms with Crippen molar-refractivity contribution >= 4 is 11.8 Å². The van der Waals surface area contributed by atoms with Crippen LogP contribution in [0.15, 0.2) is 24.3 Å². The highest BCUT2D eigenvalue weighted by atomic mass is 16.5. The Morgan fingerprint density at radius 1 is 1.35 bits per heavy atom. The Hall–Kier alpha value is -1.68. The maximum atomic E-state index is 11.4. The van der Waals surface area contributed by atoms with Crippen molar-refractivity contribution in [2.75, 3.05) is 13.7 Å². The molecular weight excluding hydrogens is 218 g/mol. The van der Waals surface area contributed by atoms with E-state index in [1.807, 2.05) is 12.1 Å². The van der Waals surface area contributed by atoms with Crippen molar-refractivity contribution in [3.8, 4) is 0 Å². The molecule has 0 aliphatic carbocycles. The van der Waals surface area contributed by atoms with Gasteiger partial charge in [0.05, 0.1) is 12.7 Å². The van der Waals surface area contributed by atoms with Crippen LogP contribution in [-0.4, -0.2) is 25.4 Å². The first-order valence-electron chi connectivity index (χ1n) is 5.64. The molecule has 1 aliphatic heterocycles. The summed E-state index contributed by atoms with van der Waals surface area (Å²) in [7, 11) is 1.36. The van der Waals surface area contributed by atoms with E-state index in [4.69, 9.17) is 0 Å². The Morgan fingerprint density at radius 3 is 2.65 bits per heavy atom. The van der Waals surface area contributed by atoms with Gasteiger partial charge in [-0.15, -0.1) is 0 Å². The summed E-state index contributed by atoms with van der Waals surface area (Å²) in [5.41, 5.74) is 1.56. The molecule has 1 aromatic rings. The highest BCUT2D eigenvalue weighted by Crippen LogP contribution is 2.21. The third kappa shape index (κ3) is 2.71. The standard InChI is InChI=1S/C13H15NO3/c1-17-13(16)10-4-2-9(3-5-10)12-8-11(15)6-7-14-12/h2-5,12,14H,6-8H2,1H3/t12-/m1/s1. The molecule has 4 nitrogen and oxygen atoms in total. The lowest BCUT2D eigenvalue weighted by atomic mass is 9.96. The first-order valence-corrected chi connectivity index (χ1v) is 5.64. The van der Waals surface area contributed by atoms with Crippen LogP contribution in [0, 0.1) is 0 Å². The van der Waals surface area contributed by atoms with Crippen LogP contribution in [0.2, 0.25) is 0 Å². The molecule has 0 spiro atoms. The summed E-state index contributed by atoms with van der Waals surface area (Å²) in [4.78, 5) is 22.6. The van der Waals surface area contributed by atoms with E-state index in [9.17, 15) is 9.59 Å². The first-order chi connectivity index (χ1) is 8.20. The van der Waals surface area contributed by atoms with E-state index >= 15 is 0 Å². The minimum Gasteiger partial charge on any atom is -0.465 e. The molecular formula is C13H15NO3. The first kappa shape index (κ1) is 11.8. The number of carbonyl (C=O) groups excluding carboxylic acids is 2. The number of carbonyl (C=O) groups is 2. The minimum absolute atomic E-state index is 0.0722. The lowest BCUT2D eigenvalue weighted by Crippen LogP contribution is -2.31. The van der Waals surface area contributed by atoms with E-state index in [2.05, 4.69) is 10.1 Å². The van der Waals surface area contributed by atoms with Gasteiger partial charge >= 0.3 is 5.97 Å². The average molecular weight is 233 g/mol. The number of ketones is 1. The normalized spacial score (nSPS) is 20.1. The number of rotatable bonds is 2. The summed E-state index contributed by atoms with van der Waals surface area (Å²) in [6.07, 6.45) is 1.13. The van der Waals surface area contributed by atoms with Crippen molar-refractivity contribution in [3.63, 3.8) is 0 Å². The molecule has 0 amide bonds. The predicted octanol–water partition coefficient (Wildman–Crippen LogP) is 1.47. The van der Waals surface area contributed by atoms with Gasteiger partial charge in [-0.05, 0) is 17.7 Å². The zero-order valence-corrected chi connectivity index (χ0v) is 9.73. The molecule has 1 atom stereocenters. The summed E-state index contributed by atoms with van der Waals surface area (Å²) in [5, 5.41) is 3.29. The van der Waals surface area contributed by atoms with E-state index in [1.165, 1.54) is 7.11 Å². The smallest absolute Gasteiger partial charge is 0.337 e. The average Bonchev–Trinajstić information content (AvgIpc) is 2.38. The largest absolute Gasteiger partial charge is 0.465 e. The molecule has 1 aromatic carbocycles. The molecule has 0 saturated carbocycles. The molecule has 0 unspecified atom stereocenters.